The topological polar surface area (TPSA) is 52.6 Å². The third-order valence-corrected chi connectivity index (χ3v) is 4.69. The predicted molar refractivity (Wildman–Crippen MR) is 108 cm³/mol. The van der Waals surface area contributed by atoms with E-state index in [-0.39, 0.29) is 25.0 Å². The van der Waals surface area contributed by atoms with Crippen LogP contribution in [0.3, 0.4) is 0 Å². The summed E-state index contributed by atoms with van der Waals surface area (Å²) in [5.74, 6) is -2.34. The first-order valence-corrected chi connectivity index (χ1v) is 10.8. The zero-order valence-electron chi connectivity index (χ0n) is 17.5. The van der Waals surface area contributed by atoms with Gasteiger partial charge in [-0.25, -0.2) is 8.78 Å². The highest BCUT2D eigenvalue weighted by Crippen LogP contribution is 2.12. The van der Waals surface area contributed by atoms with Crippen molar-refractivity contribution in [3.05, 3.63) is 35.4 Å². The van der Waals surface area contributed by atoms with Gasteiger partial charge in [-0.1, -0.05) is 64.7 Å². The van der Waals surface area contributed by atoms with Gasteiger partial charge >= 0.3 is 11.9 Å². The summed E-state index contributed by atoms with van der Waals surface area (Å²) in [5.41, 5.74) is -0.0399. The van der Waals surface area contributed by atoms with Crippen LogP contribution in [-0.4, -0.2) is 18.5 Å². The van der Waals surface area contributed by atoms with Gasteiger partial charge in [0.15, 0.2) is 0 Å². The van der Waals surface area contributed by atoms with Gasteiger partial charge < -0.3 is 9.47 Å². The van der Waals surface area contributed by atoms with Crippen molar-refractivity contribution < 1.29 is 27.8 Å². The first-order chi connectivity index (χ1) is 14.0. The highest BCUT2D eigenvalue weighted by atomic mass is 19.1. The molecule has 0 N–H and O–H groups in total. The summed E-state index contributed by atoms with van der Waals surface area (Å²) >= 11 is 0. The van der Waals surface area contributed by atoms with E-state index in [2.05, 4.69) is 6.92 Å². The molecule has 0 aromatic heterocycles. The maximum absolute atomic E-state index is 13.4. The number of halogens is 2. The Balaban J connectivity index is 1.98. The standard InChI is InChI=1S/C23H34F2O4/c1-2-3-4-5-6-7-8-9-10-11-16-28-22(26)14-15-23(27)29-18-19-17-20(24)12-13-21(19)25/h12-13,17H,2-11,14-16,18H2,1H3. The van der Waals surface area contributed by atoms with Gasteiger partial charge in [0.2, 0.25) is 0 Å². The van der Waals surface area contributed by atoms with E-state index >= 15 is 0 Å². The smallest absolute Gasteiger partial charge is 0.306 e. The Labute approximate surface area is 173 Å². The summed E-state index contributed by atoms with van der Waals surface area (Å²) in [4.78, 5) is 23.3. The van der Waals surface area contributed by atoms with Crippen molar-refractivity contribution in [1.82, 2.24) is 0 Å². The number of benzene rings is 1. The van der Waals surface area contributed by atoms with Gasteiger partial charge in [-0.15, -0.1) is 0 Å². The zero-order valence-corrected chi connectivity index (χ0v) is 17.5. The molecule has 29 heavy (non-hydrogen) atoms. The lowest BCUT2D eigenvalue weighted by atomic mass is 10.1. The molecule has 6 heteroatoms. The first kappa shape index (κ1) is 25.1. The van der Waals surface area contributed by atoms with E-state index in [0.717, 1.165) is 37.5 Å². The molecule has 0 unspecified atom stereocenters. The molecular weight excluding hydrogens is 378 g/mol. The molecule has 0 bridgehead atoms. The highest BCUT2D eigenvalue weighted by molar-refractivity contribution is 5.77. The van der Waals surface area contributed by atoms with E-state index < -0.39 is 23.6 Å². The number of ether oxygens (including phenoxy) is 2. The number of carbonyl (C=O) groups is 2. The molecule has 0 atom stereocenters. The zero-order chi connectivity index (χ0) is 21.3. The van der Waals surface area contributed by atoms with Crippen LogP contribution in [0.2, 0.25) is 0 Å². The normalized spacial score (nSPS) is 10.7. The maximum atomic E-state index is 13.4. The fourth-order valence-corrected chi connectivity index (χ4v) is 2.94. The van der Waals surface area contributed by atoms with Crippen molar-refractivity contribution >= 4 is 11.9 Å². The van der Waals surface area contributed by atoms with Gasteiger partial charge in [-0.2, -0.15) is 0 Å². The minimum absolute atomic E-state index is 0.0399. The number of carbonyl (C=O) groups excluding carboxylic acids is 2. The summed E-state index contributed by atoms with van der Waals surface area (Å²) in [6.45, 7) is 2.21. The quantitative estimate of drug-likeness (QED) is 0.238. The minimum atomic E-state index is -0.649. The second kappa shape index (κ2) is 15.9. The molecule has 4 nitrogen and oxygen atoms in total. The van der Waals surface area contributed by atoms with Crippen LogP contribution in [-0.2, 0) is 25.7 Å². The van der Waals surface area contributed by atoms with Crippen molar-refractivity contribution in [2.24, 2.45) is 0 Å². The van der Waals surface area contributed by atoms with Gasteiger partial charge in [0.05, 0.1) is 19.4 Å². The Morgan fingerprint density at radius 3 is 1.97 bits per heavy atom. The van der Waals surface area contributed by atoms with Gasteiger partial charge in [-0.3, -0.25) is 9.59 Å². The monoisotopic (exact) mass is 412 g/mol. The van der Waals surface area contributed by atoms with E-state index in [9.17, 15) is 18.4 Å². The van der Waals surface area contributed by atoms with Crippen molar-refractivity contribution in [2.45, 2.75) is 90.6 Å². The molecule has 0 spiro atoms. The van der Waals surface area contributed by atoms with Gasteiger partial charge in [0.25, 0.3) is 0 Å². The number of rotatable bonds is 16. The second-order valence-electron chi connectivity index (χ2n) is 7.30. The minimum Gasteiger partial charge on any atom is -0.466 e. The van der Waals surface area contributed by atoms with Crippen LogP contribution in [0, 0.1) is 11.6 Å². The predicted octanol–water partition coefficient (Wildman–Crippen LogP) is 6.25. The van der Waals surface area contributed by atoms with Crippen LogP contribution >= 0.6 is 0 Å². The molecule has 1 aromatic carbocycles. The maximum Gasteiger partial charge on any atom is 0.306 e. The summed E-state index contributed by atoms with van der Waals surface area (Å²) in [5, 5.41) is 0. The summed E-state index contributed by atoms with van der Waals surface area (Å²) in [6.07, 6.45) is 11.8. The lowest BCUT2D eigenvalue weighted by Crippen LogP contribution is -2.11. The molecule has 0 radical (unpaired) electrons. The lowest BCUT2D eigenvalue weighted by Gasteiger charge is -2.07. The van der Waals surface area contributed by atoms with E-state index in [1.165, 1.54) is 44.9 Å². The molecule has 0 amide bonds. The van der Waals surface area contributed by atoms with Crippen LogP contribution in [0.1, 0.15) is 89.5 Å². The van der Waals surface area contributed by atoms with E-state index in [0.29, 0.717) is 6.61 Å². The van der Waals surface area contributed by atoms with Crippen LogP contribution in [0.15, 0.2) is 18.2 Å². The molecule has 164 valence electrons. The SMILES string of the molecule is CCCCCCCCCCCCOC(=O)CCC(=O)OCc1cc(F)ccc1F. The Hall–Kier alpha value is -1.98. The molecule has 0 aliphatic rings. The van der Waals surface area contributed by atoms with Crippen molar-refractivity contribution in [3.63, 3.8) is 0 Å². The molecule has 1 aromatic rings. The van der Waals surface area contributed by atoms with E-state index in [1.54, 1.807) is 0 Å². The summed E-state index contributed by atoms with van der Waals surface area (Å²) in [6, 6.07) is 2.94. The highest BCUT2D eigenvalue weighted by Gasteiger charge is 2.11. The van der Waals surface area contributed by atoms with Gasteiger partial charge in [-0.05, 0) is 24.6 Å². The lowest BCUT2D eigenvalue weighted by molar-refractivity contribution is -0.151. The fourth-order valence-electron chi connectivity index (χ4n) is 2.94. The van der Waals surface area contributed by atoms with Crippen molar-refractivity contribution in [1.29, 1.82) is 0 Å². The van der Waals surface area contributed by atoms with Gasteiger partial charge in [0.1, 0.15) is 18.2 Å². The average Bonchev–Trinajstić information content (AvgIpc) is 2.71. The molecule has 0 aliphatic carbocycles. The summed E-state index contributed by atoms with van der Waals surface area (Å²) in [7, 11) is 0. The molecule has 0 aliphatic heterocycles. The van der Waals surface area contributed by atoms with Crippen LogP contribution in [0.4, 0.5) is 8.78 Å². The van der Waals surface area contributed by atoms with Crippen LogP contribution in [0.5, 0.6) is 0 Å². The molecule has 0 heterocycles. The molecule has 0 fully saturated rings. The Bertz CT molecular complexity index is 605. The summed E-state index contributed by atoms with van der Waals surface area (Å²) < 4.78 is 36.5. The average molecular weight is 413 g/mol. The van der Waals surface area contributed by atoms with Crippen LogP contribution < -0.4 is 0 Å². The fraction of sp³-hybridized carbons (Fsp3) is 0.652. The number of esters is 2. The van der Waals surface area contributed by atoms with E-state index in [1.807, 2.05) is 0 Å². The van der Waals surface area contributed by atoms with Crippen LogP contribution in [0.25, 0.3) is 0 Å². The van der Waals surface area contributed by atoms with Crippen molar-refractivity contribution in [3.8, 4) is 0 Å². The molecule has 0 saturated heterocycles. The van der Waals surface area contributed by atoms with E-state index in [4.69, 9.17) is 9.47 Å². The first-order valence-electron chi connectivity index (χ1n) is 10.8. The Morgan fingerprint density at radius 2 is 1.34 bits per heavy atom. The number of hydrogen-bond acceptors (Lipinski definition) is 4. The molecular formula is C23H34F2O4. The molecule has 1 rings (SSSR count). The van der Waals surface area contributed by atoms with Crippen molar-refractivity contribution in [2.75, 3.05) is 6.61 Å². The number of unbranched alkanes of at least 4 members (excludes halogenated alkanes) is 9. The second-order valence-corrected chi connectivity index (χ2v) is 7.30. The third-order valence-electron chi connectivity index (χ3n) is 4.69. The Morgan fingerprint density at radius 1 is 0.793 bits per heavy atom. The Kier molecular flexibility index (Phi) is 13.7. The molecule has 0 saturated carbocycles. The number of hydrogen-bond donors (Lipinski definition) is 0. The third kappa shape index (κ3) is 13.0. The van der Waals surface area contributed by atoms with Gasteiger partial charge in [0, 0.05) is 5.56 Å². The largest absolute Gasteiger partial charge is 0.466 e.